The van der Waals surface area contributed by atoms with Gasteiger partial charge in [-0.1, -0.05) is 13.8 Å². The Balaban J connectivity index is 2.36. The summed E-state index contributed by atoms with van der Waals surface area (Å²) in [6.07, 6.45) is 3.52. The molecular formula is C13H18N6O. The predicted molar refractivity (Wildman–Crippen MR) is 75.5 cm³/mol. The van der Waals surface area contributed by atoms with Crippen molar-refractivity contribution in [3.05, 3.63) is 30.2 Å². The van der Waals surface area contributed by atoms with Gasteiger partial charge in [0.15, 0.2) is 0 Å². The highest BCUT2D eigenvalue weighted by atomic mass is 16.1. The molecule has 0 aliphatic carbocycles. The van der Waals surface area contributed by atoms with E-state index in [1.807, 2.05) is 19.9 Å². The molecule has 0 radical (unpaired) electrons. The highest BCUT2D eigenvalue weighted by Crippen LogP contribution is 2.20. The first-order valence-electron chi connectivity index (χ1n) is 6.49. The van der Waals surface area contributed by atoms with Gasteiger partial charge in [-0.15, -0.1) is 0 Å². The van der Waals surface area contributed by atoms with Gasteiger partial charge >= 0.3 is 0 Å². The van der Waals surface area contributed by atoms with Crippen molar-refractivity contribution in [1.82, 2.24) is 19.7 Å². The topological polar surface area (TPSA) is 98.7 Å². The minimum Gasteiger partial charge on any atom is -0.330 e. The van der Waals surface area contributed by atoms with E-state index in [0.717, 1.165) is 5.69 Å². The van der Waals surface area contributed by atoms with Crippen LogP contribution < -0.4 is 11.1 Å². The second-order valence-electron chi connectivity index (χ2n) is 4.66. The fourth-order valence-electron chi connectivity index (χ4n) is 1.66. The number of rotatable bonds is 5. The quantitative estimate of drug-likeness (QED) is 0.849. The van der Waals surface area contributed by atoms with Crippen molar-refractivity contribution in [3.63, 3.8) is 0 Å². The minimum atomic E-state index is -0.153. The van der Waals surface area contributed by atoms with Crippen molar-refractivity contribution in [2.24, 2.45) is 5.73 Å². The molecule has 2 heterocycles. The Hall–Kier alpha value is -2.28. The molecule has 0 aliphatic heterocycles. The Morgan fingerprint density at radius 1 is 1.40 bits per heavy atom. The van der Waals surface area contributed by atoms with Gasteiger partial charge in [-0.3, -0.25) is 4.79 Å². The fraction of sp³-hybridized carbons (Fsp3) is 0.385. The number of nitrogens with zero attached hydrogens (tertiary/aromatic N) is 4. The maximum absolute atomic E-state index is 11.7. The van der Waals surface area contributed by atoms with Gasteiger partial charge in [0.1, 0.15) is 5.82 Å². The third-order valence-corrected chi connectivity index (χ3v) is 2.70. The van der Waals surface area contributed by atoms with Crippen LogP contribution in [0.3, 0.4) is 0 Å². The zero-order valence-electron chi connectivity index (χ0n) is 11.6. The monoisotopic (exact) mass is 274 g/mol. The zero-order chi connectivity index (χ0) is 14.5. The zero-order valence-corrected chi connectivity index (χ0v) is 11.6. The number of nitrogens with two attached hydrogens (primary N) is 1. The normalized spacial score (nSPS) is 10.8. The third kappa shape index (κ3) is 3.18. The molecular weight excluding hydrogens is 256 g/mol. The molecule has 3 N–H and O–H groups in total. The first-order valence-corrected chi connectivity index (χ1v) is 6.49. The van der Waals surface area contributed by atoms with Crippen molar-refractivity contribution in [2.75, 3.05) is 11.9 Å². The van der Waals surface area contributed by atoms with E-state index in [2.05, 4.69) is 20.4 Å². The number of carbonyl (C=O) groups is 1. The molecule has 0 bridgehead atoms. The SMILES string of the molecule is CC(C)c1cc(NC(=O)CCN)n(-c2ncccn2)n1. The molecule has 0 spiro atoms. The molecule has 0 saturated carbocycles. The average Bonchev–Trinajstić information content (AvgIpc) is 2.84. The molecule has 20 heavy (non-hydrogen) atoms. The summed E-state index contributed by atoms with van der Waals surface area (Å²) in [5, 5.41) is 7.23. The summed E-state index contributed by atoms with van der Waals surface area (Å²) in [6, 6.07) is 3.55. The molecule has 106 valence electrons. The van der Waals surface area contributed by atoms with E-state index in [1.54, 1.807) is 18.5 Å². The smallest absolute Gasteiger partial charge is 0.252 e. The van der Waals surface area contributed by atoms with E-state index in [0.29, 0.717) is 18.3 Å². The lowest BCUT2D eigenvalue weighted by Gasteiger charge is -2.06. The van der Waals surface area contributed by atoms with Gasteiger partial charge < -0.3 is 11.1 Å². The van der Waals surface area contributed by atoms with Crippen LogP contribution >= 0.6 is 0 Å². The summed E-state index contributed by atoms with van der Waals surface area (Å²) in [7, 11) is 0. The second-order valence-corrected chi connectivity index (χ2v) is 4.66. The first kappa shape index (κ1) is 14.1. The summed E-state index contributed by atoms with van der Waals surface area (Å²) in [5.74, 6) is 1.06. The Labute approximate surface area is 117 Å². The van der Waals surface area contributed by atoms with E-state index in [1.165, 1.54) is 4.68 Å². The lowest BCUT2D eigenvalue weighted by Crippen LogP contribution is -2.18. The highest BCUT2D eigenvalue weighted by Gasteiger charge is 2.15. The number of hydrogen-bond acceptors (Lipinski definition) is 5. The summed E-state index contributed by atoms with van der Waals surface area (Å²) in [6.45, 7) is 4.37. The van der Waals surface area contributed by atoms with Crippen molar-refractivity contribution in [1.29, 1.82) is 0 Å². The van der Waals surface area contributed by atoms with E-state index in [4.69, 9.17) is 5.73 Å². The molecule has 2 aromatic heterocycles. The first-order chi connectivity index (χ1) is 9.61. The summed E-state index contributed by atoms with van der Waals surface area (Å²) >= 11 is 0. The number of carbonyl (C=O) groups excluding carboxylic acids is 1. The molecule has 0 atom stereocenters. The van der Waals surface area contributed by atoms with Crippen LogP contribution in [0.5, 0.6) is 0 Å². The van der Waals surface area contributed by atoms with Crippen LogP contribution in [-0.2, 0) is 4.79 Å². The van der Waals surface area contributed by atoms with Gasteiger partial charge in [0, 0.05) is 31.4 Å². The maximum atomic E-state index is 11.7. The lowest BCUT2D eigenvalue weighted by molar-refractivity contribution is -0.116. The third-order valence-electron chi connectivity index (χ3n) is 2.70. The lowest BCUT2D eigenvalue weighted by atomic mass is 10.1. The van der Waals surface area contributed by atoms with E-state index < -0.39 is 0 Å². The molecule has 0 aliphatic rings. The fourth-order valence-corrected chi connectivity index (χ4v) is 1.66. The minimum absolute atomic E-state index is 0.153. The van der Waals surface area contributed by atoms with Crippen LogP contribution in [0, 0.1) is 0 Å². The van der Waals surface area contributed by atoms with Crippen LogP contribution in [0.4, 0.5) is 5.82 Å². The number of hydrogen-bond donors (Lipinski definition) is 2. The number of nitrogens with one attached hydrogen (secondary N) is 1. The van der Waals surface area contributed by atoms with Crippen LogP contribution in [0.15, 0.2) is 24.5 Å². The largest absolute Gasteiger partial charge is 0.330 e. The van der Waals surface area contributed by atoms with Gasteiger partial charge in [0.05, 0.1) is 5.69 Å². The van der Waals surface area contributed by atoms with Crippen LogP contribution in [0.1, 0.15) is 31.9 Å². The van der Waals surface area contributed by atoms with Crippen molar-refractivity contribution >= 4 is 11.7 Å². The molecule has 0 aromatic carbocycles. The van der Waals surface area contributed by atoms with Crippen LogP contribution in [0.2, 0.25) is 0 Å². The molecule has 7 nitrogen and oxygen atoms in total. The van der Waals surface area contributed by atoms with E-state index >= 15 is 0 Å². The van der Waals surface area contributed by atoms with Crippen molar-refractivity contribution in [3.8, 4) is 5.95 Å². The Kier molecular flexibility index (Phi) is 4.41. The van der Waals surface area contributed by atoms with E-state index in [-0.39, 0.29) is 18.2 Å². The molecule has 7 heteroatoms. The molecule has 0 fully saturated rings. The molecule has 2 rings (SSSR count). The number of aromatic nitrogens is 4. The second kappa shape index (κ2) is 6.25. The van der Waals surface area contributed by atoms with Crippen LogP contribution in [-0.4, -0.2) is 32.2 Å². The summed E-state index contributed by atoms with van der Waals surface area (Å²) in [4.78, 5) is 20.0. The van der Waals surface area contributed by atoms with E-state index in [9.17, 15) is 4.79 Å². The standard InChI is InChI=1S/C13H18N6O/c1-9(2)10-8-11(17-12(20)4-5-14)19(18-10)13-15-6-3-7-16-13/h3,6-9H,4-5,14H2,1-2H3,(H,17,20). The molecule has 2 aromatic rings. The summed E-state index contributed by atoms with van der Waals surface area (Å²) < 4.78 is 1.53. The molecule has 1 amide bonds. The van der Waals surface area contributed by atoms with Gasteiger partial charge in [-0.25, -0.2) is 9.97 Å². The van der Waals surface area contributed by atoms with Gasteiger partial charge in [-0.2, -0.15) is 9.78 Å². The van der Waals surface area contributed by atoms with Crippen molar-refractivity contribution < 1.29 is 4.79 Å². The maximum Gasteiger partial charge on any atom is 0.252 e. The van der Waals surface area contributed by atoms with Crippen LogP contribution in [0.25, 0.3) is 5.95 Å². The van der Waals surface area contributed by atoms with Crippen molar-refractivity contribution in [2.45, 2.75) is 26.2 Å². The van der Waals surface area contributed by atoms with Gasteiger partial charge in [0.25, 0.3) is 5.95 Å². The molecule has 0 unspecified atom stereocenters. The Morgan fingerprint density at radius 3 is 2.70 bits per heavy atom. The van der Waals surface area contributed by atoms with Gasteiger partial charge in [0.2, 0.25) is 5.91 Å². The predicted octanol–water partition coefficient (Wildman–Crippen LogP) is 1.07. The molecule has 0 saturated heterocycles. The number of anilines is 1. The Bertz CT molecular complexity index is 578. The average molecular weight is 274 g/mol. The van der Waals surface area contributed by atoms with Gasteiger partial charge in [-0.05, 0) is 12.0 Å². The number of amides is 1. The summed E-state index contributed by atoms with van der Waals surface area (Å²) in [5.41, 5.74) is 6.24. The Morgan fingerprint density at radius 2 is 2.10 bits per heavy atom. The highest BCUT2D eigenvalue weighted by molar-refractivity contribution is 5.90.